The van der Waals surface area contributed by atoms with Crippen LogP contribution in [0, 0.1) is 0 Å². The molecule has 3 heterocycles. The number of likely N-dealkylation sites (tertiary alicyclic amines) is 1. The number of carbonyl (C=O) groups excluding carboxylic acids is 2. The lowest BCUT2D eigenvalue weighted by Crippen LogP contribution is -2.41. The molecule has 0 spiro atoms. The molecule has 8 nitrogen and oxygen atoms in total. The number of amides is 2. The van der Waals surface area contributed by atoms with Crippen LogP contribution in [0.2, 0.25) is 0 Å². The second-order valence-corrected chi connectivity index (χ2v) is 11.3. The molecular formula is C30H36N4O4. The van der Waals surface area contributed by atoms with E-state index in [1.54, 1.807) is 4.90 Å². The molecular weight excluding hydrogens is 480 g/mol. The Hall–Kier alpha value is -3.65. The molecule has 0 aliphatic carbocycles. The Morgan fingerprint density at radius 2 is 1.58 bits per heavy atom. The molecule has 1 fully saturated rings. The van der Waals surface area contributed by atoms with Gasteiger partial charge in [0.05, 0.1) is 5.69 Å². The van der Waals surface area contributed by atoms with Crippen LogP contribution in [0.15, 0.2) is 60.7 Å². The van der Waals surface area contributed by atoms with Crippen molar-refractivity contribution in [2.24, 2.45) is 0 Å². The molecule has 2 aliphatic heterocycles. The summed E-state index contributed by atoms with van der Waals surface area (Å²) in [6.07, 6.45) is 0.00199. The van der Waals surface area contributed by atoms with Gasteiger partial charge in [0.2, 0.25) is 0 Å². The lowest BCUT2D eigenvalue weighted by atomic mass is 9.84. The monoisotopic (exact) mass is 516 g/mol. The van der Waals surface area contributed by atoms with Crippen molar-refractivity contribution in [3.63, 3.8) is 0 Å². The largest absolute Gasteiger partial charge is 0.444 e. The highest BCUT2D eigenvalue weighted by Gasteiger charge is 2.41. The van der Waals surface area contributed by atoms with E-state index in [1.807, 2.05) is 68.8 Å². The lowest BCUT2D eigenvalue weighted by molar-refractivity contribution is -0.125. The Morgan fingerprint density at radius 3 is 2.11 bits per heavy atom. The van der Waals surface area contributed by atoms with Gasteiger partial charge in [-0.05, 0) is 44.7 Å². The molecule has 2 N–H and O–H groups in total. The van der Waals surface area contributed by atoms with Gasteiger partial charge in [-0.25, -0.2) is 9.48 Å². The van der Waals surface area contributed by atoms with Gasteiger partial charge in [-0.15, -0.1) is 0 Å². The van der Waals surface area contributed by atoms with E-state index < -0.39 is 23.5 Å². The SMILES string of the molecule is C[C@H]1c2c(C3CCN(C(=O)OC(C)(C)C)CC3)nn(C(c3ccccc3)c3ccccc3)c2NC(=O)[C@H]1O. The van der Waals surface area contributed by atoms with Gasteiger partial charge in [-0.1, -0.05) is 67.6 Å². The standard InChI is InChI=1S/C30H36N4O4/c1-19-23-24(20-15-17-33(18-16-20)29(37)38-30(2,3)4)32-34(27(23)31-28(36)26(19)35)25(21-11-7-5-8-12-21)22-13-9-6-10-14-22/h5-14,19-20,25-26,35H,15-18H2,1-4H3,(H,31,36)/t19-,26-/m0/s1. The molecule has 1 saturated heterocycles. The summed E-state index contributed by atoms with van der Waals surface area (Å²) in [5.74, 6) is -0.105. The fourth-order valence-electron chi connectivity index (χ4n) is 5.51. The van der Waals surface area contributed by atoms with E-state index in [4.69, 9.17) is 9.84 Å². The topological polar surface area (TPSA) is 96.7 Å². The molecule has 200 valence electrons. The molecule has 0 bridgehead atoms. The van der Waals surface area contributed by atoms with Gasteiger partial charge in [-0.3, -0.25) is 4.79 Å². The normalized spacial score (nSPS) is 20.3. The maximum atomic E-state index is 12.8. The van der Waals surface area contributed by atoms with Gasteiger partial charge < -0.3 is 20.1 Å². The number of piperidine rings is 1. The summed E-state index contributed by atoms with van der Waals surface area (Å²) in [4.78, 5) is 27.2. The first kappa shape index (κ1) is 26.0. The zero-order chi connectivity index (χ0) is 27.0. The molecule has 0 saturated carbocycles. The van der Waals surface area contributed by atoms with Crippen molar-refractivity contribution in [3.05, 3.63) is 83.0 Å². The lowest BCUT2D eigenvalue weighted by Gasteiger charge is -2.34. The summed E-state index contributed by atoms with van der Waals surface area (Å²) in [5.41, 5.74) is 3.31. The van der Waals surface area contributed by atoms with E-state index in [-0.39, 0.29) is 18.1 Å². The van der Waals surface area contributed by atoms with Crippen LogP contribution < -0.4 is 5.32 Å². The van der Waals surface area contributed by atoms with Crippen molar-refractivity contribution in [3.8, 4) is 0 Å². The Bertz CT molecular complexity index is 1250. The molecule has 8 heteroatoms. The van der Waals surface area contributed by atoms with Gasteiger partial charge in [-0.2, -0.15) is 5.10 Å². The van der Waals surface area contributed by atoms with Crippen LogP contribution in [0.25, 0.3) is 0 Å². The number of anilines is 1. The zero-order valence-electron chi connectivity index (χ0n) is 22.4. The third-order valence-electron chi connectivity index (χ3n) is 7.42. The third-order valence-corrected chi connectivity index (χ3v) is 7.42. The number of nitrogens with zero attached hydrogens (tertiary/aromatic N) is 3. The van der Waals surface area contributed by atoms with Crippen molar-refractivity contribution in [1.82, 2.24) is 14.7 Å². The minimum atomic E-state index is -1.15. The fourth-order valence-corrected chi connectivity index (χ4v) is 5.51. The number of aliphatic hydroxyl groups is 1. The predicted molar refractivity (Wildman–Crippen MR) is 145 cm³/mol. The zero-order valence-corrected chi connectivity index (χ0v) is 22.4. The Balaban J connectivity index is 1.54. The summed E-state index contributed by atoms with van der Waals surface area (Å²) >= 11 is 0. The molecule has 3 aromatic rings. The van der Waals surface area contributed by atoms with Crippen LogP contribution in [0.5, 0.6) is 0 Å². The molecule has 1 aromatic heterocycles. The number of hydrogen-bond donors (Lipinski definition) is 2. The molecule has 2 amide bonds. The Kier molecular flexibility index (Phi) is 7.01. The minimum absolute atomic E-state index is 0.0838. The number of rotatable bonds is 4. The highest BCUT2D eigenvalue weighted by molar-refractivity contribution is 5.97. The first-order valence-corrected chi connectivity index (χ1v) is 13.3. The maximum absolute atomic E-state index is 12.8. The van der Waals surface area contributed by atoms with E-state index in [0.717, 1.165) is 35.2 Å². The van der Waals surface area contributed by atoms with E-state index in [2.05, 4.69) is 29.6 Å². The number of carbonyl (C=O) groups is 2. The quantitative estimate of drug-likeness (QED) is 0.506. The van der Waals surface area contributed by atoms with Crippen molar-refractivity contribution in [2.75, 3.05) is 18.4 Å². The van der Waals surface area contributed by atoms with Crippen LogP contribution >= 0.6 is 0 Å². The number of fused-ring (bicyclic) bond motifs is 1. The predicted octanol–water partition coefficient (Wildman–Crippen LogP) is 5.05. The number of nitrogens with one attached hydrogen (secondary N) is 1. The van der Waals surface area contributed by atoms with Gasteiger partial charge in [0, 0.05) is 30.5 Å². The summed E-state index contributed by atoms with van der Waals surface area (Å²) in [6, 6.07) is 20.0. The van der Waals surface area contributed by atoms with Crippen LogP contribution in [0.3, 0.4) is 0 Å². The Morgan fingerprint density at radius 1 is 1.03 bits per heavy atom. The van der Waals surface area contributed by atoms with Gasteiger partial charge in [0.25, 0.3) is 5.91 Å². The number of benzene rings is 2. The first-order valence-electron chi connectivity index (χ1n) is 13.3. The van der Waals surface area contributed by atoms with E-state index in [9.17, 15) is 14.7 Å². The number of aliphatic hydroxyl groups excluding tert-OH is 1. The first-order chi connectivity index (χ1) is 18.1. The maximum Gasteiger partial charge on any atom is 0.410 e. The van der Waals surface area contributed by atoms with Crippen LogP contribution in [-0.2, 0) is 9.53 Å². The van der Waals surface area contributed by atoms with E-state index in [0.29, 0.717) is 18.9 Å². The second kappa shape index (κ2) is 10.3. The van der Waals surface area contributed by atoms with Crippen molar-refractivity contribution in [1.29, 1.82) is 0 Å². The van der Waals surface area contributed by atoms with E-state index >= 15 is 0 Å². The number of ether oxygens (including phenoxy) is 1. The highest BCUT2D eigenvalue weighted by Crippen LogP contribution is 2.43. The van der Waals surface area contributed by atoms with Crippen LogP contribution in [-0.4, -0.2) is 56.6 Å². The average molecular weight is 517 g/mol. The molecule has 0 unspecified atom stereocenters. The molecule has 38 heavy (non-hydrogen) atoms. The summed E-state index contributed by atoms with van der Waals surface area (Å²) in [6.45, 7) is 8.61. The summed E-state index contributed by atoms with van der Waals surface area (Å²) < 4.78 is 7.48. The second-order valence-electron chi connectivity index (χ2n) is 11.3. The van der Waals surface area contributed by atoms with Crippen LogP contribution in [0.4, 0.5) is 10.6 Å². The summed E-state index contributed by atoms with van der Waals surface area (Å²) in [7, 11) is 0. The number of hydrogen-bond acceptors (Lipinski definition) is 5. The van der Waals surface area contributed by atoms with Crippen LogP contribution in [0.1, 0.15) is 80.8 Å². The summed E-state index contributed by atoms with van der Waals surface area (Å²) in [5, 5.41) is 18.8. The number of aromatic nitrogens is 2. The molecule has 2 aliphatic rings. The van der Waals surface area contributed by atoms with Gasteiger partial charge in [0.15, 0.2) is 0 Å². The molecule has 2 atom stereocenters. The molecule has 0 radical (unpaired) electrons. The molecule has 2 aromatic carbocycles. The Labute approximate surface area is 223 Å². The third kappa shape index (κ3) is 5.05. The smallest absolute Gasteiger partial charge is 0.410 e. The van der Waals surface area contributed by atoms with Gasteiger partial charge in [0.1, 0.15) is 23.6 Å². The van der Waals surface area contributed by atoms with Gasteiger partial charge >= 0.3 is 6.09 Å². The van der Waals surface area contributed by atoms with Crippen molar-refractivity contribution < 1.29 is 19.4 Å². The molecule has 5 rings (SSSR count). The average Bonchev–Trinajstić information content (AvgIpc) is 3.26. The van der Waals surface area contributed by atoms with E-state index in [1.165, 1.54) is 0 Å². The minimum Gasteiger partial charge on any atom is -0.444 e. The fraction of sp³-hybridized carbons (Fsp3) is 0.433. The van der Waals surface area contributed by atoms with Crippen molar-refractivity contribution >= 4 is 17.8 Å². The van der Waals surface area contributed by atoms with Crippen molar-refractivity contribution in [2.45, 2.75) is 70.1 Å². The highest BCUT2D eigenvalue weighted by atomic mass is 16.6.